The van der Waals surface area contributed by atoms with Crippen molar-refractivity contribution in [3.8, 4) is 11.8 Å². The van der Waals surface area contributed by atoms with E-state index in [4.69, 9.17) is 4.74 Å². The summed E-state index contributed by atoms with van der Waals surface area (Å²) < 4.78 is 5.65. The molecule has 1 aromatic rings. The molecule has 1 heterocycles. The summed E-state index contributed by atoms with van der Waals surface area (Å²) in [5.74, 6) is 1.37. The summed E-state index contributed by atoms with van der Waals surface area (Å²) in [6.45, 7) is 0.755. The Labute approximate surface area is 95.8 Å². The average Bonchev–Trinajstić information content (AvgIpc) is 2.29. The molecular weight excluding hydrogens is 198 g/mol. The fourth-order valence-electron chi connectivity index (χ4n) is 3.01. The summed E-state index contributed by atoms with van der Waals surface area (Å²) in [7, 11) is 0. The van der Waals surface area contributed by atoms with Crippen LogP contribution < -0.4 is 4.74 Å². The lowest BCUT2D eigenvalue weighted by atomic mass is 9.59. The van der Waals surface area contributed by atoms with E-state index in [1.165, 1.54) is 12.0 Å². The van der Waals surface area contributed by atoms with Crippen LogP contribution in [-0.4, -0.2) is 6.61 Å². The zero-order valence-electron chi connectivity index (χ0n) is 9.28. The molecule has 3 rings (SSSR count). The summed E-state index contributed by atoms with van der Waals surface area (Å²) >= 11 is 0. The van der Waals surface area contributed by atoms with Crippen LogP contribution >= 0.6 is 0 Å². The first-order valence-electron chi connectivity index (χ1n) is 5.99. The number of nitriles is 1. The molecule has 1 aliphatic heterocycles. The van der Waals surface area contributed by atoms with Gasteiger partial charge in [0.2, 0.25) is 0 Å². The molecule has 2 aliphatic rings. The molecule has 0 aromatic heterocycles. The molecule has 0 radical (unpaired) electrons. The van der Waals surface area contributed by atoms with Crippen molar-refractivity contribution in [2.24, 2.45) is 5.41 Å². The highest BCUT2D eigenvalue weighted by Crippen LogP contribution is 2.55. The first-order chi connectivity index (χ1) is 7.86. The fraction of sp³-hybridized carbons (Fsp3) is 0.500. The summed E-state index contributed by atoms with van der Waals surface area (Å²) in [5.41, 5.74) is 1.15. The Morgan fingerprint density at radius 1 is 1.31 bits per heavy atom. The van der Waals surface area contributed by atoms with Crippen LogP contribution in [0.25, 0.3) is 0 Å². The third-order valence-electron chi connectivity index (χ3n) is 4.09. The van der Waals surface area contributed by atoms with E-state index in [-0.39, 0.29) is 5.41 Å². The molecular formula is C14H15NO. The summed E-state index contributed by atoms with van der Waals surface area (Å²) in [6, 6.07) is 10.8. The Hall–Kier alpha value is -1.49. The highest BCUT2D eigenvalue weighted by atomic mass is 16.5. The maximum absolute atomic E-state index is 9.42. The van der Waals surface area contributed by atoms with Crippen LogP contribution in [0.4, 0.5) is 0 Å². The van der Waals surface area contributed by atoms with Crippen LogP contribution in [0, 0.1) is 16.7 Å². The number of rotatable bonds is 1. The van der Waals surface area contributed by atoms with Gasteiger partial charge in [0, 0.05) is 5.92 Å². The van der Waals surface area contributed by atoms with Gasteiger partial charge in [0.05, 0.1) is 18.1 Å². The first-order valence-corrected chi connectivity index (χ1v) is 5.99. The minimum atomic E-state index is -0.0973. The number of nitrogens with zero attached hydrogens (tertiary/aromatic N) is 1. The van der Waals surface area contributed by atoms with Crippen molar-refractivity contribution in [1.82, 2.24) is 0 Å². The van der Waals surface area contributed by atoms with Gasteiger partial charge in [-0.15, -0.1) is 0 Å². The van der Waals surface area contributed by atoms with Crippen molar-refractivity contribution < 1.29 is 4.74 Å². The summed E-state index contributed by atoms with van der Waals surface area (Å²) in [6.07, 6.45) is 4.31. The van der Waals surface area contributed by atoms with Crippen molar-refractivity contribution >= 4 is 0 Å². The number of fused-ring (bicyclic) bond motifs is 1. The minimum Gasteiger partial charge on any atom is -0.493 e. The smallest absolute Gasteiger partial charge is 0.122 e. The van der Waals surface area contributed by atoms with Crippen LogP contribution in [0.5, 0.6) is 5.75 Å². The molecule has 1 saturated carbocycles. The Bertz CT molecular complexity index is 442. The second-order valence-electron chi connectivity index (χ2n) is 4.85. The summed E-state index contributed by atoms with van der Waals surface area (Å²) in [4.78, 5) is 0. The molecule has 1 aromatic carbocycles. The predicted molar refractivity (Wildman–Crippen MR) is 61.2 cm³/mol. The molecule has 0 N–H and O–H groups in total. The van der Waals surface area contributed by atoms with Gasteiger partial charge in [-0.2, -0.15) is 5.26 Å². The van der Waals surface area contributed by atoms with Crippen LogP contribution in [0.15, 0.2) is 24.3 Å². The Balaban J connectivity index is 2.02. The van der Waals surface area contributed by atoms with Crippen molar-refractivity contribution in [2.45, 2.75) is 31.6 Å². The topological polar surface area (TPSA) is 33.0 Å². The molecule has 0 bridgehead atoms. The highest BCUT2D eigenvalue weighted by molar-refractivity contribution is 5.40. The largest absolute Gasteiger partial charge is 0.493 e. The highest BCUT2D eigenvalue weighted by Gasteiger charge is 2.46. The zero-order chi connectivity index (χ0) is 11.0. The molecule has 0 saturated heterocycles. The second kappa shape index (κ2) is 3.52. The molecule has 1 atom stereocenters. The lowest BCUT2D eigenvalue weighted by Gasteiger charge is -2.44. The van der Waals surface area contributed by atoms with Crippen LogP contribution in [0.3, 0.4) is 0 Å². The van der Waals surface area contributed by atoms with E-state index in [1.807, 2.05) is 18.2 Å². The predicted octanol–water partition coefficient (Wildman–Crippen LogP) is 3.25. The molecule has 16 heavy (non-hydrogen) atoms. The molecule has 82 valence electrons. The van der Waals surface area contributed by atoms with Crippen LogP contribution in [0.2, 0.25) is 0 Å². The molecule has 1 fully saturated rings. The Morgan fingerprint density at radius 2 is 2.12 bits per heavy atom. The van der Waals surface area contributed by atoms with Crippen molar-refractivity contribution in [2.75, 3.05) is 6.61 Å². The quantitative estimate of drug-likeness (QED) is 0.717. The lowest BCUT2D eigenvalue weighted by Crippen LogP contribution is -2.37. The molecule has 2 heteroatoms. The Morgan fingerprint density at radius 3 is 2.81 bits per heavy atom. The molecule has 2 nitrogen and oxygen atoms in total. The lowest BCUT2D eigenvalue weighted by molar-refractivity contribution is 0.126. The van der Waals surface area contributed by atoms with Crippen molar-refractivity contribution in [1.29, 1.82) is 5.26 Å². The molecule has 0 amide bonds. The van der Waals surface area contributed by atoms with E-state index in [0.717, 1.165) is 31.6 Å². The maximum Gasteiger partial charge on any atom is 0.122 e. The van der Waals surface area contributed by atoms with E-state index in [0.29, 0.717) is 5.92 Å². The van der Waals surface area contributed by atoms with E-state index < -0.39 is 0 Å². The normalized spacial score (nSPS) is 25.8. The molecule has 1 aliphatic carbocycles. The van der Waals surface area contributed by atoms with Gasteiger partial charge in [-0.05, 0) is 30.9 Å². The maximum atomic E-state index is 9.42. The van der Waals surface area contributed by atoms with Crippen LogP contribution in [-0.2, 0) is 0 Å². The third kappa shape index (κ3) is 1.24. The van der Waals surface area contributed by atoms with E-state index >= 15 is 0 Å². The van der Waals surface area contributed by atoms with Gasteiger partial charge in [-0.3, -0.25) is 0 Å². The monoisotopic (exact) mass is 213 g/mol. The number of benzene rings is 1. The van der Waals surface area contributed by atoms with Gasteiger partial charge in [0.1, 0.15) is 5.75 Å². The first kappa shape index (κ1) is 9.72. The van der Waals surface area contributed by atoms with Gasteiger partial charge in [-0.25, -0.2) is 0 Å². The van der Waals surface area contributed by atoms with Gasteiger partial charge < -0.3 is 4.74 Å². The van der Waals surface area contributed by atoms with Gasteiger partial charge in [0.25, 0.3) is 0 Å². The third-order valence-corrected chi connectivity index (χ3v) is 4.09. The zero-order valence-corrected chi connectivity index (χ0v) is 9.28. The van der Waals surface area contributed by atoms with Gasteiger partial charge in [0.15, 0.2) is 0 Å². The van der Waals surface area contributed by atoms with E-state index in [2.05, 4.69) is 12.1 Å². The number of ether oxygens (including phenoxy) is 1. The fourth-order valence-corrected chi connectivity index (χ4v) is 3.01. The average molecular weight is 213 g/mol. The molecule has 1 unspecified atom stereocenters. The SMILES string of the molecule is N#CC1(C2CCOc3ccccc32)CCC1. The van der Waals surface area contributed by atoms with E-state index in [1.54, 1.807) is 0 Å². The molecule has 0 spiro atoms. The van der Waals surface area contributed by atoms with E-state index in [9.17, 15) is 5.26 Å². The second-order valence-corrected chi connectivity index (χ2v) is 4.85. The number of hydrogen-bond donors (Lipinski definition) is 0. The number of para-hydroxylation sites is 1. The van der Waals surface area contributed by atoms with Crippen LogP contribution in [0.1, 0.15) is 37.2 Å². The van der Waals surface area contributed by atoms with Gasteiger partial charge >= 0.3 is 0 Å². The van der Waals surface area contributed by atoms with Gasteiger partial charge in [-0.1, -0.05) is 24.6 Å². The minimum absolute atomic E-state index is 0.0973. The Kier molecular flexibility index (Phi) is 2.14. The van der Waals surface area contributed by atoms with Crippen molar-refractivity contribution in [3.05, 3.63) is 29.8 Å². The standard InChI is InChI=1S/C14H15NO/c15-10-14(7-3-8-14)12-6-9-16-13-5-2-1-4-11(12)13/h1-2,4-5,12H,3,6-9H2. The van der Waals surface area contributed by atoms with Crippen molar-refractivity contribution in [3.63, 3.8) is 0 Å². The number of hydrogen-bond acceptors (Lipinski definition) is 2. The summed E-state index contributed by atoms with van der Waals surface area (Å²) in [5, 5.41) is 9.42.